The van der Waals surface area contributed by atoms with Crippen molar-refractivity contribution < 1.29 is 9.53 Å². The first-order chi connectivity index (χ1) is 9.55. The molecule has 0 N–H and O–H groups in total. The lowest BCUT2D eigenvalue weighted by molar-refractivity contribution is 0.112. The Bertz CT molecular complexity index is 688. The van der Waals surface area contributed by atoms with E-state index >= 15 is 0 Å². The van der Waals surface area contributed by atoms with Crippen LogP contribution in [0.1, 0.15) is 32.6 Å². The van der Waals surface area contributed by atoms with Crippen LogP contribution in [-0.2, 0) is 0 Å². The Labute approximate surface area is 118 Å². The van der Waals surface area contributed by atoms with Gasteiger partial charge in [-0.15, -0.1) is 0 Å². The molecule has 100 valence electrons. The zero-order valence-electron chi connectivity index (χ0n) is 11.7. The summed E-state index contributed by atoms with van der Waals surface area (Å²) in [6.45, 7) is 5.70. The molecule has 0 atom stereocenters. The molecular weight excluding hydrogens is 250 g/mol. The predicted octanol–water partition coefficient (Wildman–Crippen LogP) is 4.09. The van der Waals surface area contributed by atoms with Gasteiger partial charge in [0.15, 0.2) is 6.29 Å². The Morgan fingerprint density at radius 3 is 2.30 bits per heavy atom. The molecule has 0 aliphatic carbocycles. The zero-order chi connectivity index (χ0) is 14.7. The van der Waals surface area contributed by atoms with Crippen LogP contribution in [0.5, 0.6) is 11.5 Å². The normalized spacial score (nSPS) is 9.90. The summed E-state index contributed by atoms with van der Waals surface area (Å²) < 4.78 is 5.88. The number of carbonyl (C=O) groups excluding carboxylic acids is 1. The molecule has 0 spiro atoms. The number of aldehydes is 1. The largest absolute Gasteiger partial charge is 0.456 e. The second-order valence-electron chi connectivity index (χ2n) is 4.81. The first kappa shape index (κ1) is 13.8. The second kappa shape index (κ2) is 5.58. The van der Waals surface area contributed by atoms with Gasteiger partial charge in [0, 0.05) is 0 Å². The third-order valence-electron chi connectivity index (χ3n) is 3.09. The van der Waals surface area contributed by atoms with Crippen LogP contribution < -0.4 is 4.74 Å². The molecule has 0 unspecified atom stereocenters. The first-order valence-corrected chi connectivity index (χ1v) is 6.30. The third-order valence-corrected chi connectivity index (χ3v) is 3.09. The van der Waals surface area contributed by atoms with Crippen LogP contribution in [0.25, 0.3) is 0 Å². The lowest BCUT2D eigenvalue weighted by atomic mass is 10.1. The molecule has 3 heteroatoms. The summed E-state index contributed by atoms with van der Waals surface area (Å²) in [7, 11) is 0. The summed E-state index contributed by atoms with van der Waals surface area (Å²) in [5.74, 6) is 1.22. The molecule has 0 saturated heterocycles. The average molecular weight is 265 g/mol. The lowest BCUT2D eigenvalue weighted by Crippen LogP contribution is -1.96. The van der Waals surface area contributed by atoms with Crippen molar-refractivity contribution in [1.82, 2.24) is 0 Å². The Morgan fingerprint density at radius 2 is 1.75 bits per heavy atom. The Morgan fingerprint density at radius 1 is 1.10 bits per heavy atom. The van der Waals surface area contributed by atoms with E-state index in [0.29, 0.717) is 22.6 Å². The fourth-order valence-electron chi connectivity index (χ4n) is 2.14. The molecule has 0 fully saturated rings. The molecule has 20 heavy (non-hydrogen) atoms. The van der Waals surface area contributed by atoms with Crippen molar-refractivity contribution in [2.45, 2.75) is 20.8 Å². The van der Waals surface area contributed by atoms with Crippen LogP contribution in [0.3, 0.4) is 0 Å². The molecule has 0 bridgehead atoms. The molecule has 0 aliphatic rings. The number of aryl methyl sites for hydroxylation is 3. The van der Waals surface area contributed by atoms with Crippen LogP contribution in [0.2, 0.25) is 0 Å². The predicted molar refractivity (Wildman–Crippen MR) is 77.3 cm³/mol. The topological polar surface area (TPSA) is 50.1 Å². The van der Waals surface area contributed by atoms with E-state index in [2.05, 4.69) is 6.07 Å². The van der Waals surface area contributed by atoms with Gasteiger partial charge in [-0.1, -0.05) is 11.6 Å². The Hall–Kier alpha value is -2.60. The quantitative estimate of drug-likeness (QED) is 0.785. The minimum absolute atomic E-state index is 0.521. The Balaban J connectivity index is 2.46. The van der Waals surface area contributed by atoms with E-state index in [1.54, 1.807) is 24.3 Å². The van der Waals surface area contributed by atoms with E-state index in [9.17, 15) is 4.79 Å². The molecule has 0 aromatic heterocycles. The van der Waals surface area contributed by atoms with Gasteiger partial charge >= 0.3 is 0 Å². The van der Waals surface area contributed by atoms with Gasteiger partial charge in [-0.25, -0.2) is 0 Å². The van der Waals surface area contributed by atoms with Gasteiger partial charge in [0.1, 0.15) is 11.5 Å². The van der Waals surface area contributed by atoms with Crippen molar-refractivity contribution >= 4 is 6.29 Å². The minimum Gasteiger partial charge on any atom is -0.456 e. The smallest absolute Gasteiger partial charge is 0.153 e. The van der Waals surface area contributed by atoms with Crippen LogP contribution >= 0.6 is 0 Å². The molecule has 0 amide bonds. The third kappa shape index (κ3) is 2.70. The molecule has 2 rings (SSSR count). The number of hydrogen-bond acceptors (Lipinski definition) is 3. The number of nitrogens with zero attached hydrogens (tertiary/aromatic N) is 1. The summed E-state index contributed by atoms with van der Waals surface area (Å²) >= 11 is 0. The van der Waals surface area contributed by atoms with Crippen LogP contribution in [0.15, 0.2) is 30.3 Å². The zero-order valence-corrected chi connectivity index (χ0v) is 11.7. The Kier molecular flexibility index (Phi) is 3.86. The fourth-order valence-corrected chi connectivity index (χ4v) is 2.14. The molecular formula is C17H15NO2. The number of rotatable bonds is 3. The standard InChI is InChI=1S/C17H15NO2/c1-11-4-5-16(15(6-11)10-19)20-17-12(2)7-14(9-18)8-13(17)3/h4-8,10H,1-3H3. The lowest BCUT2D eigenvalue weighted by Gasteiger charge is -2.14. The monoisotopic (exact) mass is 265 g/mol. The summed E-state index contributed by atoms with van der Waals surface area (Å²) in [4.78, 5) is 11.1. The highest BCUT2D eigenvalue weighted by molar-refractivity contribution is 5.80. The number of nitriles is 1. The molecule has 0 saturated carbocycles. The van der Waals surface area contributed by atoms with Crippen LogP contribution in [-0.4, -0.2) is 6.29 Å². The van der Waals surface area contributed by atoms with Gasteiger partial charge < -0.3 is 4.74 Å². The van der Waals surface area contributed by atoms with Crippen LogP contribution in [0.4, 0.5) is 0 Å². The SMILES string of the molecule is Cc1ccc(Oc2c(C)cc(C#N)cc2C)c(C=O)c1. The van der Waals surface area contributed by atoms with Gasteiger partial charge in [-0.05, 0) is 56.2 Å². The van der Waals surface area contributed by atoms with E-state index in [0.717, 1.165) is 23.0 Å². The van der Waals surface area contributed by atoms with Crippen molar-refractivity contribution in [1.29, 1.82) is 5.26 Å². The average Bonchev–Trinajstić information content (AvgIpc) is 2.43. The molecule has 2 aromatic rings. The maximum Gasteiger partial charge on any atom is 0.153 e. The van der Waals surface area contributed by atoms with Crippen molar-refractivity contribution in [3.05, 3.63) is 58.1 Å². The fraction of sp³-hybridized carbons (Fsp3) is 0.176. The van der Waals surface area contributed by atoms with Crippen molar-refractivity contribution in [2.24, 2.45) is 0 Å². The first-order valence-electron chi connectivity index (χ1n) is 6.30. The number of carbonyl (C=O) groups is 1. The second-order valence-corrected chi connectivity index (χ2v) is 4.81. The van der Waals surface area contributed by atoms with Gasteiger partial charge in [-0.2, -0.15) is 5.26 Å². The summed E-state index contributed by atoms with van der Waals surface area (Å²) in [5.41, 5.74) is 3.88. The van der Waals surface area contributed by atoms with Crippen molar-refractivity contribution in [3.63, 3.8) is 0 Å². The number of hydrogen-bond donors (Lipinski definition) is 0. The van der Waals surface area contributed by atoms with Crippen molar-refractivity contribution in [2.75, 3.05) is 0 Å². The van der Waals surface area contributed by atoms with E-state index in [1.807, 2.05) is 26.8 Å². The van der Waals surface area contributed by atoms with E-state index in [-0.39, 0.29) is 0 Å². The minimum atomic E-state index is 0.521. The van der Waals surface area contributed by atoms with Gasteiger partial charge in [0.25, 0.3) is 0 Å². The van der Waals surface area contributed by atoms with E-state index in [4.69, 9.17) is 10.00 Å². The summed E-state index contributed by atoms with van der Waals surface area (Å²) in [6.07, 6.45) is 0.788. The highest BCUT2D eigenvalue weighted by atomic mass is 16.5. The molecule has 0 radical (unpaired) electrons. The molecule has 2 aromatic carbocycles. The van der Waals surface area contributed by atoms with Gasteiger partial charge in [0.05, 0.1) is 17.2 Å². The maximum absolute atomic E-state index is 11.1. The summed E-state index contributed by atoms with van der Waals surface area (Å²) in [6, 6.07) is 11.1. The molecule has 3 nitrogen and oxygen atoms in total. The van der Waals surface area contributed by atoms with Gasteiger partial charge in [0.2, 0.25) is 0 Å². The van der Waals surface area contributed by atoms with Crippen LogP contribution in [0, 0.1) is 32.1 Å². The number of ether oxygens (including phenoxy) is 1. The maximum atomic E-state index is 11.1. The molecule has 0 aliphatic heterocycles. The number of benzene rings is 2. The van der Waals surface area contributed by atoms with Crippen molar-refractivity contribution in [3.8, 4) is 17.6 Å². The van der Waals surface area contributed by atoms with E-state index < -0.39 is 0 Å². The van der Waals surface area contributed by atoms with E-state index in [1.165, 1.54) is 0 Å². The molecule has 0 heterocycles. The summed E-state index contributed by atoms with van der Waals surface area (Å²) in [5, 5.41) is 8.94. The highest BCUT2D eigenvalue weighted by Gasteiger charge is 2.10. The van der Waals surface area contributed by atoms with Gasteiger partial charge in [-0.3, -0.25) is 4.79 Å². The highest BCUT2D eigenvalue weighted by Crippen LogP contribution is 2.31.